The van der Waals surface area contributed by atoms with Crippen LogP contribution in [-0.4, -0.2) is 333 Å². The van der Waals surface area contributed by atoms with Crippen molar-refractivity contribution in [2.75, 3.05) is 198 Å². The summed E-state index contributed by atoms with van der Waals surface area (Å²) < 4.78 is 111. The second kappa shape index (κ2) is 59.6. The molecular weight excluding hydrogens is 1850 g/mol. The second-order valence-corrected chi connectivity index (χ2v) is 39.4. The van der Waals surface area contributed by atoms with E-state index in [4.69, 9.17) is 73.2 Å². The van der Waals surface area contributed by atoms with Crippen molar-refractivity contribution < 1.29 is 133 Å². The molecule has 9 rings (SSSR count). The predicted octanol–water partition coefficient (Wildman–Crippen LogP) is 4.55. The Labute approximate surface area is 833 Å². The molecule has 0 bridgehead atoms. The molecule has 41 nitrogen and oxygen atoms in total. The molecule has 6 aliphatic carbocycles. The maximum Gasteiger partial charge on any atom is 0.407 e. The van der Waals surface area contributed by atoms with Crippen LogP contribution in [0.1, 0.15) is 188 Å². The highest BCUT2D eigenvalue weighted by atomic mass is 19.1. The number of Topliss-reactive ketones (excluding diaryl/α,β-unsaturated/α-hetero) is 2. The number of carbonyl (C=O) groups excluding carboxylic acids is 11. The summed E-state index contributed by atoms with van der Waals surface area (Å²) in [6.45, 7) is 14.5. The van der Waals surface area contributed by atoms with E-state index in [1.807, 2.05) is 19.0 Å². The molecule has 17 N–H and O–H groups in total. The summed E-state index contributed by atoms with van der Waals surface area (Å²) in [5.74, 6) is -1.26. The number of hydrogen-bond donors (Lipinski definition) is 15. The zero-order valence-corrected chi connectivity index (χ0v) is 84.7. The number of nitrogens with one attached hydrogen (secondary N) is 12. The summed E-state index contributed by atoms with van der Waals surface area (Å²) in [5, 5.41) is 39.7. The Morgan fingerprint density at radius 1 is 0.662 bits per heavy atom. The molecule has 1 saturated heterocycles. The number of nitrogens with two attached hydrogens (primary N) is 2. The number of fused-ring (bicyclic) bond motifs is 7. The molecule has 0 aromatic heterocycles. The molecule has 0 radical (unpaired) electrons. The SMILES string of the molecule is CCCC1O[C@@H]2C[C@H]3[C@@H]4C[C@H](F)C5=CC(=O)C=C[C@]5(C)[C@@]4(F)[C@@H](O)C[C@]3(C)[C@]2(C(=O)CNC(=O)OCc2ccc(NC(=O)[C@H](CCCNC(N)=O)CC(=O)[C@@H](NC(=O)[C@@H](CCCCNC(=O)COC3CCCCCC(NCCOCCOCCOCCOCCC(=O)NCC[N+](C)(C)C)=C3NN)NC(=O)CCOCCOCCOCCOCCNC(=O)COC3CCCCCC4=C3NNN4C)C(C)C)cc2)O1. The van der Waals surface area contributed by atoms with E-state index in [9.17, 15) is 57.8 Å². The van der Waals surface area contributed by atoms with Crippen molar-refractivity contribution in [2.45, 2.75) is 249 Å². The van der Waals surface area contributed by atoms with Crippen molar-refractivity contribution in [2.24, 2.45) is 46.1 Å². The minimum atomic E-state index is -2.41. The summed E-state index contributed by atoms with van der Waals surface area (Å²) in [5.41, 5.74) is 11.7. The van der Waals surface area contributed by atoms with Gasteiger partial charge < -0.3 is 136 Å². The third-order valence-corrected chi connectivity index (χ3v) is 27.6. The average Bonchev–Trinajstić information content (AvgIpc) is 1.46. The fraction of sp³-hybridized carbons (Fsp3) is 0.747. The number of rotatable bonds is 66. The number of hydrazine groups is 3. The van der Waals surface area contributed by atoms with Crippen molar-refractivity contribution in [3.63, 3.8) is 0 Å². The molecule has 15 atom stereocenters. The number of amides is 9. The monoisotopic (exact) mass is 2010 g/mol. The van der Waals surface area contributed by atoms with Crippen LogP contribution >= 0.6 is 0 Å². The number of anilines is 1. The Hall–Kier alpha value is -9.03. The number of aliphatic hydroxyl groups excluding tert-OH is 1. The van der Waals surface area contributed by atoms with Gasteiger partial charge in [-0.2, -0.15) is 0 Å². The molecule has 2 aliphatic heterocycles. The van der Waals surface area contributed by atoms with Crippen LogP contribution in [0.5, 0.6) is 0 Å². The Morgan fingerprint density at radius 3 is 1.88 bits per heavy atom. The first-order valence-electron chi connectivity index (χ1n) is 50.8. The van der Waals surface area contributed by atoms with E-state index >= 15 is 8.78 Å². The number of halogens is 2. The number of allylic oxidation sites excluding steroid dienone is 6. The first-order valence-corrected chi connectivity index (χ1v) is 50.8. The molecule has 142 heavy (non-hydrogen) atoms. The lowest BCUT2D eigenvalue weighted by Gasteiger charge is -2.63. The Balaban J connectivity index is 0.726. The van der Waals surface area contributed by atoms with Crippen LogP contribution in [0.2, 0.25) is 0 Å². The van der Waals surface area contributed by atoms with Gasteiger partial charge in [0.25, 0.3) is 0 Å². The lowest BCUT2D eigenvalue weighted by molar-refractivity contribution is -0.869. The van der Waals surface area contributed by atoms with Crippen LogP contribution in [0.25, 0.3) is 0 Å². The standard InChI is InChI=1S/C99H160F2N16O25/c1-10-20-88-141-83-60-71-72-59-74(100)73-58-70(118)31-34-96(73,4)98(72,101)81(120)61-97(71,5)99(83,142-88)82(121)62-109-95(129)140-63-67-27-29-69(30-28-67)110-92(126)68(21-19-36-108-94(102)128)57-78(119)89(66(2)3)112-93(127)76(111-85(123)33-42-131-46-50-135-54-56-137-52-48-133-44-39-107-87(125)65-139-80-26-16-12-14-24-77-91(80)114-115-116(77)6)23-17-18-35-105-86(124)64-138-79-25-15-11-13-22-75(90(79)113-103)104-38-43-132-47-51-136-55-53-134-49-45-130-41-32-84(122)106-37-40-117(7,8)9/h27-31,34,58,66,68,71-72,74,76,79-81,83,88-89,104,113-115,120H,10-26,32-33,35-57,59-65,103H2,1-9H3,(H9-,102,105,106,107,108,109,110,111,112,122,123,124,125,126,127,128,129)/p+1/t68-,71+,72+,74+,76-,79?,80?,81+,83-,88?,89+,96+,97+,98+,99-/m1/s1. The van der Waals surface area contributed by atoms with E-state index in [1.54, 1.807) is 45.0 Å². The zero-order valence-electron chi connectivity index (χ0n) is 84.7. The van der Waals surface area contributed by atoms with Crippen molar-refractivity contribution in [3.05, 3.63) is 76.4 Å². The normalized spacial score (nSPS) is 24.8. The third kappa shape index (κ3) is 35.1. The van der Waals surface area contributed by atoms with Crippen LogP contribution in [0.4, 0.5) is 24.1 Å². The topological polar surface area (TPSA) is 528 Å². The fourth-order valence-corrected chi connectivity index (χ4v) is 20.1. The van der Waals surface area contributed by atoms with E-state index in [0.717, 1.165) is 85.6 Å². The number of urea groups is 1. The number of ether oxygens (including phenoxy) is 13. The Kier molecular flexibility index (Phi) is 48.9. The maximum atomic E-state index is 18.1. The van der Waals surface area contributed by atoms with Crippen molar-refractivity contribution in [1.82, 2.24) is 63.9 Å². The number of nitrogens with zero attached hydrogens (tertiary/aromatic N) is 2. The van der Waals surface area contributed by atoms with Crippen LogP contribution < -0.4 is 75.8 Å². The second-order valence-electron chi connectivity index (χ2n) is 39.4. The highest BCUT2D eigenvalue weighted by Crippen LogP contribution is 2.72. The molecule has 1 aromatic carbocycles. The lowest BCUT2D eigenvalue weighted by Crippen LogP contribution is -2.71. The van der Waals surface area contributed by atoms with E-state index in [0.29, 0.717) is 148 Å². The van der Waals surface area contributed by atoms with Gasteiger partial charge in [-0.05, 0) is 150 Å². The molecule has 4 fully saturated rings. The van der Waals surface area contributed by atoms with Gasteiger partial charge in [-0.1, -0.05) is 78.0 Å². The van der Waals surface area contributed by atoms with Crippen LogP contribution in [0, 0.1) is 34.5 Å². The minimum Gasteiger partial charge on any atom is -0.445 e. The first-order chi connectivity index (χ1) is 68.1. The van der Waals surface area contributed by atoms with Gasteiger partial charge in [0.15, 0.2) is 34.9 Å². The molecule has 8 aliphatic rings. The fourth-order valence-electron chi connectivity index (χ4n) is 20.1. The number of unbranched alkanes of at least 4 members (excludes halogenated alkanes) is 1. The number of carbonyl (C=O) groups is 11. The van der Waals surface area contributed by atoms with Crippen molar-refractivity contribution >= 4 is 70.6 Å². The first kappa shape index (κ1) is 117. The molecule has 43 heteroatoms. The van der Waals surface area contributed by atoms with Gasteiger partial charge in [0.2, 0.25) is 35.4 Å². The summed E-state index contributed by atoms with van der Waals surface area (Å²) in [6.07, 6.45) is 7.09. The van der Waals surface area contributed by atoms with Crippen LogP contribution in [0.3, 0.4) is 0 Å². The molecular formula is C99H161F2N16O25+. The van der Waals surface area contributed by atoms with Gasteiger partial charge in [-0.3, -0.25) is 54.0 Å². The third-order valence-electron chi connectivity index (χ3n) is 27.6. The lowest BCUT2D eigenvalue weighted by atomic mass is 9.44. The van der Waals surface area contributed by atoms with Gasteiger partial charge in [0.05, 0.1) is 182 Å². The Morgan fingerprint density at radius 2 is 1.25 bits per heavy atom. The number of quaternary nitrogens is 1. The van der Waals surface area contributed by atoms with E-state index in [-0.39, 0.29) is 153 Å². The number of ketones is 3. The average molecular weight is 2010 g/mol. The summed E-state index contributed by atoms with van der Waals surface area (Å²) in [4.78, 5) is 148. The predicted molar refractivity (Wildman–Crippen MR) is 519 cm³/mol. The largest absolute Gasteiger partial charge is 0.445 e. The van der Waals surface area contributed by atoms with Gasteiger partial charge >= 0.3 is 12.1 Å². The number of likely N-dealkylation sites (N-methyl/N-ethyl adjacent to an activating group) is 1. The number of alkyl halides is 2. The van der Waals surface area contributed by atoms with E-state index < -0.39 is 142 Å². The molecule has 800 valence electrons. The molecule has 9 amide bonds. The maximum absolute atomic E-state index is 18.1. The Bertz CT molecular complexity index is 4340. The van der Waals surface area contributed by atoms with Gasteiger partial charge in [-0.15, -0.1) is 5.53 Å². The number of benzene rings is 1. The highest BCUT2D eigenvalue weighted by Gasteiger charge is 2.80. The van der Waals surface area contributed by atoms with Gasteiger partial charge in [-0.25, -0.2) is 18.4 Å². The molecule has 0 spiro atoms. The summed E-state index contributed by atoms with van der Waals surface area (Å²) in [7, 11) is 8.16. The van der Waals surface area contributed by atoms with E-state index in [2.05, 4.69) is 85.4 Å². The minimum absolute atomic E-state index is 0.0306. The molecule has 3 saturated carbocycles. The van der Waals surface area contributed by atoms with Crippen molar-refractivity contribution in [3.8, 4) is 0 Å². The smallest absolute Gasteiger partial charge is 0.407 e. The molecule has 2 heterocycles. The molecule has 3 unspecified atom stereocenters. The zero-order chi connectivity index (χ0) is 103. The number of primary amides is 1. The highest BCUT2D eigenvalue weighted by molar-refractivity contribution is 6.02. The summed E-state index contributed by atoms with van der Waals surface area (Å²) in [6, 6.07) is 3.13. The van der Waals surface area contributed by atoms with E-state index in [1.165, 1.54) is 19.1 Å². The number of hydrogen-bond acceptors (Lipinski definition) is 31. The van der Waals surface area contributed by atoms with Gasteiger partial charge in [0.1, 0.15) is 44.2 Å². The number of alkyl carbamates (subject to hydrolysis) is 1. The summed E-state index contributed by atoms with van der Waals surface area (Å²) >= 11 is 0. The quantitative estimate of drug-likeness (QED) is 0.0184. The van der Waals surface area contributed by atoms with Crippen LogP contribution in [-0.2, 0) is 111 Å². The van der Waals surface area contributed by atoms with Crippen molar-refractivity contribution in [1.29, 1.82) is 0 Å². The molecule has 1 aromatic rings. The van der Waals surface area contributed by atoms with Gasteiger partial charge in [0, 0.05) is 86.5 Å². The van der Waals surface area contributed by atoms with Crippen LogP contribution in [0.15, 0.2) is 70.9 Å². The number of aliphatic hydroxyl groups is 1.